The predicted octanol–water partition coefficient (Wildman–Crippen LogP) is 6.21. The fourth-order valence-corrected chi connectivity index (χ4v) is 9.50. The molecule has 0 aliphatic carbocycles. The molecule has 5 amide bonds. The van der Waals surface area contributed by atoms with Crippen molar-refractivity contribution in [2.24, 2.45) is 0 Å². The molecule has 1 unspecified atom stereocenters. The third-order valence-corrected chi connectivity index (χ3v) is 13.2. The van der Waals surface area contributed by atoms with Crippen LogP contribution < -0.4 is 20.3 Å². The van der Waals surface area contributed by atoms with E-state index in [1.807, 2.05) is 41.3 Å². The highest BCUT2D eigenvalue weighted by Crippen LogP contribution is 2.34. The number of likely N-dealkylation sites (tertiary alicyclic amines) is 1. The number of imide groups is 2. The number of nitrogens with zero attached hydrogens (tertiary/aromatic N) is 6. The Morgan fingerprint density at radius 1 is 0.785 bits per heavy atom. The zero-order valence-electron chi connectivity index (χ0n) is 35.9. The van der Waals surface area contributed by atoms with Crippen LogP contribution in [0.5, 0.6) is 11.5 Å². The molecule has 9 rings (SSSR count). The third-order valence-electron chi connectivity index (χ3n) is 12.8. The number of benzene rings is 3. The van der Waals surface area contributed by atoms with Gasteiger partial charge in [-0.15, -0.1) is 0 Å². The fourth-order valence-electron chi connectivity index (χ4n) is 9.24. The van der Waals surface area contributed by atoms with Crippen LogP contribution >= 0.6 is 11.6 Å². The second-order valence-corrected chi connectivity index (χ2v) is 17.4. The quantitative estimate of drug-likeness (QED) is 0.0613. The number of carbonyl (C=O) groups excluding carboxylic acids is 6. The number of piperidine rings is 2. The highest BCUT2D eigenvalue weighted by atomic mass is 35.5. The van der Waals surface area contributed by atoms with Gasteiger partial charge >= 0.3 is 0 Å². The number of ether oxygens (including phenoxy) is 1. The van der Waals surface area contributed by atoms with Crippen LogP contribution in [0.1, 0.15) is 94.4 Å². The van der Waals surface area contributed by atoms with Gasteiger partial charge in [0.15, 0.2) is 5.78 Å². The molecular weight excluding hydrogens is 850 g/mol. The Hall–Kier alpha value is -6.65. The number of hydrogen-bond acceptors (Lipinski definition) is 12. The Morgan fingerprint density at radius 2 is 1.55 bits per heavy atom. The van der Waals surface area contributed by atoms with Crippen LogP contribution in [0.25, 0.3) is 11.0 Å². The summed E-state index contributed by atoms with van der Waals surface area (Å²) in [5.41, 5.74) is 2.73. The first-order valence-electron chi connectivity index (χ1n) is 22.4. The largest absolute Gasteiger partial charge is 0.457 e. The van der Waals surface area contributed by atoms with E-state index in [1.165, 1.54) is 6.33 Å². The van der Waals surface area contributed by atoms with E-state index in [2.05, 4.69) is 35.4 Å². The number of H-pyrrole nitrogens is 1. The minimum Gasteiger partial charge on any atom is -0.457 e. The maximum atomic E-state index is 13.8. The van der Waals surface area contributed by atoms with Crippen molar-refractivity contribution in [3.05, 3.63) is 107 Å². The van der Waals surface area contributed by atoms with Crippen LogP contribution in [-0.4, -0.2) is 123 Å². The van der Waals surface area contributed by atoms with E-state index in [1.54, 1.807) is 36.5 Å². The summed E-state index contributed by atoms with van der Waals surface area (Å²) in [5, 5.41) is 6.63. The van der Waals surface area contributed by atoms with Gasteiger partial charge in [0.25, 0.3) is 11.8 Å². The summed E-state index contributed by atoms with van der Waals surface area (Å²) >= 11 is 6.62. The number of amides is 5. The lowest BCUT2D eigenvalue weighted by Gasteiger charge is -2.36. The first kappa shape index (κ1) is 43.6. The van der Waals surface area contributed by atoms with Gasteiger partial charge < -0.3 is 24.8 Å². The highest BCUT2D eigenvalue weighted by Gasteiger charge is 2.45. The number of piperazine rings is 1. The molecule has 336 valence electrons. The van der Waals surface area contributed by atoms with Crippen molar-refractivity contribution in [1.29, 1.82) is 0 Å². The molecule has 0 saturated carbocycles. The van der Waals surface area contributed by atoms with Gasteiger partial charge in [-0.2, -0.15) is 0 Å². The number of aromatic nitrogens is 3. The number of carbonyl (C=O) groups is 6. The lowest BCUT2D eigenvalue weighted by atomic mass is 10.0. The van der Waals surface area contributed by atoms with Gasteiger partial charge in [-0.3, -0.25) is 43.9 Å². The van der Waals surface area contributed by atoms with Crippen LogP contribution in [0.2, 0.25) is 5.02 Å². The molecule has 1 atom stereocenters. The van der Waals surface area contributed by atoms with E-state index in [0.717, 1.165) is 81.8 Å². The smallest absolute Gasteiger partial charge is 0.262 e. The van der Waals surface area contributed by atoms with E-state index >= 15 is 0 Å². The average Bonchev–Trinajstić information content (AvgIpc) is 3.86. The van der Waals surface area contributed by atoms with Crippen LogP contribution in [0, 0.1) is 0 Å². The summed E-state index contributed by atoms with van der Waals surface area (Å²) in [6.45, 7) is 5.57. The van der Waals surface area contributed by atoms with E-state index < -0.39 is 29.7 Å². The Morgan fingerprint density at radius 3 is 2.32 bits per heavy atom. The van der Waals surface area contributed by atoms with E-state index in [-0.39, 0.29) is 41.2 Å². The van der Waals surface area contributed by atoms with Crippen molar-refractivity contribution in [2.45, 2.75) is 69.9 Å². The second-order valence-electron chi connectivity index (χ2n) is 17.0. The normalized spacial score (nSPS) is 18.3. The molecule has 0 bridgehead atoms. The molecule has 65 heavy (non-hydrogen) atoms. The summed E-state index contributed by atoms with van der Waals surface area (Å²) in [7, 11) is 0. The Balaban J connectivity index is 0.681. The molecule has 3 aromatic carbocycles. The van der Waals surface area contributed by atoms with E-state index in [4.69, 9.17) is 16.3 Å². The Bertz CT molecular complexity index is 2640. The second kappa shape index (κ2) is 19.2. The molecule has 6 heterocycles. The first-order valence-corrected chi connectivity index (χ1v) is 22.8. The number of para-hydroxylation sites is 1. The summed E-state index contributed by atoms with van der Waals surface area (Å²) in [4.78, 5) is 97.0. The number of halogens is 1. The van der Waals surface area contributed by atoms with Gasteiger partial charge in [0.2, 0.25) is 17.7 Å². The molecule has 0 radical (unpaired) electrons. The first-order chi connectivity index (χ1) is 31.6. The molecular formula is C48H50ClN9O7. The van der Waals surface area contributed by atoms with Crippen LogP contribution in [0.3, 0.4) is 0 Å². The maximum absolute atomic E-state index is 13.8. The van der Waals surface area contributed by atoms with Crippen LogP contribution in [0.4, 0.5) is 11.5 Å². The van der Waals surface area contributed by atoms with Crippen molar-refractivity contribution in [1.82, 2.24) is 35.0 Å². The Kier molecular flexibility index (Phi) is 12.9. The number of fused-ring (bicyclic) bond motifs is 2. The number of anilines is 2. The van der Waals surface area contributed by atoms with Crippen molar-refractivity contribution in [3.8, 4) is 11.5 Å². The summed E-state index contributed by atoms with van der Waals surface area (Å²) in [5.74, 6) is -0.347. The maximum Gasteiger partial charge on any atom is 0.262 e. The molecule has 17 heteroatoms. The summed E-state index contributed by atoms with van der Waals surface area (Å²) in [6.07, 6.45) is 9.27. The molecule has 2 aromatic heterocycles. The molecule has 5 aromatic rings. The van der Waals surface area contributed by atoms with Gasteiger partial charge in [0.1, 0.15) is 35.3 Å². The minimum absolute atomic E-state index is 0.0657. The van der Waals surface area contributed by atoms with E-state index in [9.17, 15) is 28.8 Å². The molecule has 4 aliphatic rings. The van der Waals surface area contributed by atoms with Crippen molar-refractivity contribution in [3.63, 3.8) is 0 Å². The molecule has 4 aliphatic heterocycles. The lowest BCUT2D eigenvalue weighted by Crippen LogP contribution is -2.54. The molecule has 3 fully saturated rings. The fraction of sp³-hybridized carbons (Fsp3) is 0.375. The lowest BCUT2D eigenvalue weighted by molar-refractivity contribution is -0.136. The van der Waals surface area contributed by atoms with Gasteiger partial charge in [-0.25, -0.2) is 9.97 Å². The number of aromatic amines is 1. The van der Waals surface area contributed by atoms with Gasteiger partial charge in [0, 0.05) is 81.7 Å². The Labute approximate surface area is 380 Å². The number of unbranched alkanes of at least 4 members (excludes halogenated alkanes) is 3. The van der Waals surface area contributed by atoms with Crippen LogP contribution in [-0.2, 0) is 14.4 Å². The zero-order valence-corrected chi connectivity index (χ0v) is 36.6. The monoisotopic (exact) mass is 899 g/mol. The van der Waals surface area contributed by atoms with Crippen molar-refractivity contribution >= 4 is 69.5 Å². The number of rotatable bonds is 15. The van der Waals surface area contributed by atoms with Gasteiger partial charge in [0.05, 0.1) is 27.1 Å². The van der Waals surface area contributed by atoms with Crippen LogP contribution in [0.15, 0.2) is 79.3 Å². The third kappa shape index (κ3) is 9.45. The average molecular weight is 900 g/mol. The zero-order chi connectivity index (χ0) is 45.0. The summed E-state index contributed by atoms with van der Waals surface area (Å²) < 4.78 is 5.89. The molecule has 16 nitrogen and oxygen atoms in total. The molecule has 3 saturated heterocycles. The van der Waals surface area contributed by atoms with E-state index in [0.29, 0.717) is 64.6 Å². The van der Waals surface area contributed by atoms with Gasteiger partial charge in [-0.05, 0) is 81.1 Å². The molecule has 3 N–H and O–H groups in total. The number of hydrogen-bond donors (Lipinski definition) is 3. The molecule has 0 spiro atoms. The standard InChI is InChI=1S/C48H50ClN9O7/c49-38-27-33(65-32-8-4-3-5-9-32)12-14-35(38)43(61)37-28-50-44-42(37)45(52-29-51-44)53-30-17-20-57(21-18-30)41(60)10-6-1-2-7-19-55-22-24-56(25-23-55)31-11-13-34-36(26-31)48(64)58(47(34)63)39-15-16-40(59)54-46(39)62/h3-5,8-9,11-14,26-30,39H,1-2,6-7,10,15-25H2,(H,54,59,62)(H2,50,51,52,53). The van der Waals surface area contributed by atoms with Crippen molar-refractivity contribution < 1.29 is 33.5 Å². The van der Waals surface area contributed by atoms with Crippen molar-refractivity contribution in [2.75, 3.05) is 56.0 Å². The topological polar surface area (TPSA) is 190 Å². The highest BCUT2D eigenvalue weighted by molar-refractivity contribution is 6.36. The predicted molar refractivity (Wildman–Crippen MR) is 243 cm³/mol. The summed E-state index contributed by atoms with van der Waals surface area (Å²) in [6, 6.07) is 18.7. The van der Waals surface area contributed by atoms with Gasteiger partial charge in [-0.1, -0.05) is 42.6 Å². The minimum atomic E-state index is -0.981. The number of nitrogens with one attached hydrogen (secondary N) is 3. The number of ketones is 1. The SMILES string of the molecule is O=C1CCC(N2C(=O)c3ccc(N4CCN(CCCCCCC(=O)N5CCC(Nc6ncnc7[nH]cc(C(=O)c8ccc(Oc9ccccc9)cc8Cl)c67)CC5)CC4)cc3C2=O)C(=O)N1.